The summed E-state index contributed by atoms with van der Waals surface area (Å²) in [5, 5.41) is 7.37. The molecule has 1 aromatic heterocycles. The van der Waals surface area contributed by atoms with Crippen LogP contribution in [0.4, 0.5) is 0 Å². The van der Waals surface area contributed by atoms with Crippen LogP contribution in [0.25, 0.3) is 0 Å². The van der Waals surface area contributed by atoms with Crippen molar-refractivity contribution in [3.63, 3.8) is 0 Å². The summed E-state index contributed by atoms with van der Waals surface area (Å²) < 4.78 is 5.27. The third-order valence-corrected chi connectivity index (χ3v) is 4.18. The van der Waals surface area contributed by atoms with Gasteiger partial charge in [-0.05, 0) is 39.3 Å². The van der Waals surface area contributed by atoms with E-state index in [2.05, 4.69) is 21.2 Å². The number of likely N-dealkylation sites (tertiary alicyclic amines) is 1. The molecule has 0 spiro atoms. The van der Waals surface area contributed by atoms with Crippen LogP contribution in [0.15, 0.2) is 6.07 Å². The van der Waals surface area contributed by atoms with Gasteiger partial charge in [0.25, 0.3) is 0 Å². The highest BCUT2D eigenvalue weighted by molar-refractivity contribution is 5.78. The number of hydrogen-bond donors (Lipinski definition) is 1. The minimum absolute atomic E-state index is 0.0437. The van der Waals surface area contributed by atoms with Gasteiger partial charge in [0.15, 0.2) is 0 Å². The van der Waals surface area contributed by atoms with Crippen molar-refractivity contribution in [3.8, 4) is 0 Å². The molecule has 2 aliphatic heterocycles. The van der Waals surface area contributed by atoms with Crippen molar-refractivity contribution < 1.29 is 9.53 Å². The summed E-state index contributed by atoms with van der Waals surface area (Å²) >= 11 is 0. The molecule has 3 heterocycles. The van der Waals surface area contributed by atoms with Gasteiger partial charge in [0.2, 0.25) is 0 Å². The third-order valence-electron chi connectivity index (χ3n) is 4.18. The van der Waals surface area contributed by atoms with Gasteiger partial charge in [-0.2, -0.15) is 5.10 Å². The Morgan fingerprint density at radius 1 is 1.53 bits per heavy atom. The summed E-state index contributed by atoms with van der Waals surface area (Å²) in [7, 11) is 0. The number of hydrogen-bond acceptors (Lipinski definition) is 4. The monoisotopic (exact) mass is 263 g/mol. The van der Waals surface area contributed by atoms with E-state index < -0.39 is 0 Å². The van der Waals surface area contributed by atoms with E-state index in [-0.39, 0.29) is 18.1 Å². The van der Waals surface area contributed by atoms with Crippen LogP contribution in [0.3, 0.4) is 0 Å². The highest BCUT2D eigenvalue weighted by Gasteiger charge is 2.38. The number of nitrogens with zero attached hydrogens (tertiary/aromatic N) is 2. The summed E-state index contributed by atoms with van der Waals surface area (Å²) in [6.45, 7) is 5.90. The first-order chi connectivity index (χ1) is 9.13. The van der Waals surface area contributed by atoms with Crippen LogP contribution >= 0.6 is 0 Å². The number of carbonyl (C=O) groups excluding carboxylic acids is 1. The molecule has 2 fully saturated rings. The smallest absolute Gasteiger partial charge is 0.323 e. The molecule has 2 saturated heterocycles. The number of aromatic nitrogens is 2. The Balaban J connectivity index is 1.70. The summed E-state index contributed by atoms with van der Waals surface area (Å²) in [5.41, 5.74) is 2.22. The normalized spacial score (nSPS) is 32.5. The van der Waals surface area contributed by atoms with Gasteiger partial charge in [-0.25, -0.2) is 0 Å². The predicted octanol–water partition coefficient (Wildman–Crippen LogP) is 1.60. The maximum atomic E-state index is 11.8. The lowest BCUT2D eigenvalue weighted by atomic mass is 9.93. The van der Waals surface area contributed by atoms with Crippen LogP contribution in [0, 0.1) is 6.92 Å². The van der Waals surface area contributed by atoms with Gasteiger partial charge in [0.05, 0.1) is 5.69 Å². The Kier molecular flexibility index (Phi) is 3.31. The molecular weight excluding hydrogens is 242 g/mol. The molecule has 5 heteroatoms. The highest BCUT2D eigenvalue weighted by atomic mass is 16.6. The number of ether oxygens (including phenoxy) is 1. The Hall–Kier alpha value is -1.36. The largest absolute Gasteiger partial charge is 0.461 e. The van der Waals surface area contributed by atoms with Crippen LogP contribution in [0.1, 0.15) is 43.5 Å². The first-order valence-corrected chi connectivity index (χ1v) is 7.10. The molecule has 5 nitrogen and oxygen atoms in total. The zero-order valence-corrected chi connectivity index (χ0v) is 11.6. The lowest BCUT2D eigenvalue weighted by Gasteiger charge is -2.34. The number of rotatable bonds is 2. The molecule has 3 atom stereocenters. The Labute approximate surface area is 113 Å². The van der Waals surface area contributed by atoms with Crippen molar-refractivity contribution >= 4 is 5.97 Å². The molecule has 0 aliphatic carbocycles. The molecule has 0 bridgehead atoms. The lowest BCUT2D eigenvalue weighted by molar-refractivity contribution is -0.145. The van der Waals surface area contributed by atoms with Crippen molar-refractivity contribution in [1.29, 1.82) is 0 Å². The molecule has 19 heavy (non-hydrogen) atoms. The topological polar surface area (TPSA) is 58.2 Å². The minimum atomic E-state index is -0.0497. The number of esters is 1. The Morgan fingerprint density at radius 3 is 3.00 bits per heavy atom. The van der Waals surface area contributed by atoms with Crippen molar-refractivity contribution in [2.24, 2.45) is 0 Å². The minimum Gasteiger partial charge on any atom is -0.461 e. The molecule has 0 saturated carbocycles. The second-order valence-electron chi connectivity index (χ2n) is 5.81. The summed E-state index contributed by atoms with van der Waals surface area (Å²) in [6.07, 6.45) is 3.16. The van der Waals surface area contributed by atoms with Crippen molar-refractivity contribution in [2.75, 3.05) is 13.1 Å². The van der Waals surface area contributed by atoms with E-state index in [0.29, 0.717) is 5.92 Å². The molecular formula is C14H21N3O2. The molecule has 1 aromatic rings. The van der Waals surface area contributed by atoms with E-state index in [0.717, 1.165) is 43.7 Å². The average molecular weight is 263 g/mol. The molecule has 1 N–H and O–H groups in total. The number of nitrogens with one attached hydrogen (secondary N) is 1. The number of carbonyl (C=O) groups is 1. The van der Waals surface area contributed by atoms with Gasteiger partial charge < -0.3 is 4.74 Å². The Morgan fingerprint density at radius 2 is 2.37 bits per heavy atom. The first kappa shape index (κ1) is 12.7. The maximum Gasteiger partial charge on any atom is 0.323 e. The second kappa shape index (κ2) is 4.96. The number of piperidine rings is 1. The SMILES string of the molecule is Cc1cc([C@@H]2CCCN([C@@H]3C[C@H](C)OC3=O)C2)n[nH]1. The van der Waals surface area contributed by atoms with E-state index in [1.807, 2.05) is 13.8 Å². The van der Waals surface area contributed by atoms with Gasteiger partial charge in [-0.15, -0.1) is 0 Å². The number of cyclic esters (lactones) is 1. The molecule has 0 radical (unpaired) electrons. The van der Waals surface area contributed by atoms with Gasteiger partial charge in [-0.1, -0.05) is 0 Å². The quantitative estimate of drug-likeness (QED) is 0.823. The molecule has 0 amide bonds. The van der Waals surface area contributed by atoms with Crippen LogP contribution in [0.2, 0.25) is 0 Å². The highest BCUT2D eigenvalue weighted by Crippen LogP contribution is 2.30. The average Bonchev–Trinajstić information content (AvgIpc) is 2.96. The second-order valence-corrected chi connectivity index (χ2v) is 5.81. The standard InChI is InChI=1S/C14H21N3O2/c1-9-6-12(16-15-9)11-4-3-5-17(8-11)13-7-10(2)19-14(13)18/h6,10-11,13H,3-5,7-8H2,1-2H3,(H,15,16)/t10-,11+,13+/m0/s1. The molecule has 3 rings (SSSR count). The first-order valence-electron chi connectivity index (χ1n) is 7.10. The molecule has 104 valence electrons. The maximum absolute atomic E-state index is 11.8. The van der Waals surface area contributed by atoms with Crippen molar-refractivity contribution in [2.45, 2.75) is 51.2 Å². The fourth-order valence-electron chi connectivity index (χ4n) is 3.21. The fourth-order valence-corrected chi connectivity index (χ4v) is 3.21. The number of aromatic amines is 1. The van der Waals surface area contributed by atoms with E-state index in [1.165, 1.54) is 0 Å². The zero-order valence-electron chi connectivity index (χ0n) is 11.6. The zero-order chi connectivity index (χ0) is 13.4. The molecule has 2 aliphatic rings. The summed E-state index contributed by atoms with van der Waals surface area (Å²) in [4.78, 5) is 14.1. The van der Waals surface area contributed by atoms with Gasteiger partial charge in [0, 0.05) is 24.6 Å². The predicted molar refractivity (Wildman–Crippen MR) is 70.8 cm³/mol. The van der Waals surface area contributed by atoms with Crippen LogP contribution in [0.5, 0.6) is 0 Å². The van der Waals surface area contributed by atoms with Crippen molar-refractivity contribution in [3.05, 3.63) is 17.5 Å². The van der Waals surface area contributed by atoms with E-state index in [4.69, 9.17) is 4.74 Å². The number of aryl methyl sites for hydroxylation is 1. The van der Waals surface area contributed by atoms with Gasteiger partial charge in [-0.3, -0.25) is 14.8 Å². The van der Waals surface area contributed by atoms with Gasteiger partial charge >= 0.3 is 5.97 Å². The van der Waals surface area contributed by atoms with Crippen molar-refractivity contribution in [1.82, 2.24) is 15.1 Å². The van der Waals surface area contributed by atoms with Crippen LogP contribution in [-0.4, -0.2) is 46.3 Å². The summed E-state index contributed by atoms with van der Waals surface area (Å²) in [5.74, 6) is 0.383. The molecule has 0 aromatic carbocycles. The van der Waals surface area contributed by atoms with Crippen LogP contribution < -0.4 is 0 Å². The molecule has 0 unspecified atom stereocenters. The summed E-state index contributed by atoms with van der Waals surface area (Å²) in [6, 6.07) is 2.07. The lowest BCUT2D eigenvalue weighted by Crippen LogP contribution is -2.44. The van der Waals surface area contributed by atoms with E-state index >= 15 is 0 Å². The Bertz CT molecular complexity index is 471. The third kappa shape index (κ3) is 2.52. The van der Waals surface area contributed by atoms with Crippen LogP contribution in [-0.2, 0) is 9.53 Å². The van der Waals surface area contributed by atoms with Gasteiger partial charge in [0.1, 0.15) is 12.1 Å². The van der Waals surface area contributed by atoms with E-state index in [9.17, 15) is 4.79 Å². The number of H-pyrrole nitrogens is 1. The fraction of sp³-hybridized carbons (Fsp3) is 0.714. The van der Waals surface area contributed by atoms with E-state index in [1.54, 1.807) is 0 Å².